The maximum absolute atomic E-state index is 13.1. The summed E-state index contributed by atoms with van der Waals surface area (Å²) in [6, 6.07) is 12.7. The van der Waals surface area contributed by atoms with Gasteiger partial charge in [-0.2, -0.15) is 0 Å². The average Bonchev–Trinajstić information content (AvgIpc) is 3.03. The molecule has 0 unspecified atom stereocenters. The Balaban J connectivity index is 1.66. The Morgan fingerprint density at radius 3 is 2.62 bits per heavy atom. The highest BCUT2D eigenvalue weighted by molar-refractivity contribution is 6.30. The Morgan fingerprint density at radius 2 is 1.95 bits per heavy atom. The molecule has 2 N–H and O–H groups in total. The molecule has 2 aromatic carbocycles. The molecule has 0 saturated heterocycles. The molecule has 3 rings (SSSR count). The SMILES string of the molecule is Fc1ccc(CNc2ccc(-c3cnc[nH]3)cc2)cc1Cl. The van der Waals surface area contributed by atoms with Crippen LogP contribution in [0.25, 0.3) is 11.3 Å². The molecule has 0 atom stereocenters. The Bertz CT molecular complexity index is 724. The fourth-order valence-electron chi connectivity index (χ4n) is 2.04. The van der Waals surface area contributed by atoms with Gasteiger partial charge in [-0.25, -0.2) is 9.37 Å². The van der Waals surface area contributed by atoms with Crippen molar-refractivity contribution in [3.05, 3.63) is 71.4 Å². The monoisotopic (exact) mass is 301 g/mol. The number of rotatable bonds is 4. The van der Waals surface area contributed by atoms with Crippen molar-refractivity contribution in [1.82, 2.24) is 9.97 Å². The van der Waals surface area contributed by atoms with Crippen LogP contribution in [0.2, 0.25) is 5.02 Å². The Labute approximate surface area is 126 Å². The predicted molar refractivity (Wildman–Crippen MR) is 82.8 cm³/mol. The van der Waals surface area contributed by atoms with E-state index in [1.807, 2.05) is 24.3 Å². The van der Waals surface area contributed by atoms with Crippen LogP contribution >= 0.6 is 11.6 Å². The molecule has 0 radical (unpaired) electrons. The maximum atomic E-state index is 13.1. The van der Waals surface area contributed by atoms with E-state index in [1.165, 1.54) is 6.07 Å². The van der Waals surface area contributed by atoms with Crippen LogP contribution in [0.5, 0.6) is 0 Å². The van der Waals surface area contributed by atoms with E-state index >= 15 is 0 Å². The topological polar surface area (TPSA) is 40.7 Å². The van der Waals surface area contributed by atoms with Gasteiger partial charge >= 0.3 is 0 Å². The largest absolute Gasteiger partial charge is 0.381 e. The van der Waals surface area contributed by atoms with Gasteiger partial charge in [0.05, 0.1) is 23.2 Å². The van der Waals surface area contributed by atoms with Crippen LogP contribution in [0.15, 0.2) is 55.0 Å². The number of aromatic amines is 1. The number of aromatic nitrogens is 2. The van der Waals surface area contributed by atoms with Crippen LogP contribution in [-0.4, -0.2) is 9.97 Å². The summed E-state index contributed by atoms with van der Waals surface area (Å²) in [7, 11) is 0. The molecule has 1 heterocycles. The normalized spacial score (nSPS) is 10.6. The smallest absolute Gasteiger partial charge is 0.141 e. The first-order chi connectivity index (χ1) is 10.2. The maximum Gasteiger partial charge on any atom is 0.141 e. The van der Waals surface area contributed by atoms with Gasteiger partial charge < -0.3 is 10.3 Å². The fraction of sp³-hybridized carbons (Fsp3) is 0.0625. The molecule has 0 amide bonds. The summed E-state index contributed by atoms with van der Waals surface area (Å²) in [6.45, 7) is 0.587. The van der Waals surface area contributed by atoms with Gasteiger partial charge in [0.2, 0.25) is 0 Å². The van der Waals surface area contributed by atoms with Crippen molar-refractivity contribution in [3.8, 4) is 11.3 Å². The minimum absolute atomic E-state index is 0.142. The third kappa shape index (κ3) is 3.23. The van der Waals surface area contributed by atoms with E-state index in [0.29, 0.717) is 6.54 Å². The molecule has 0 bridgehead atoms. The Hall–Kier alpha value is -2.33. The highest BCUT2D eigenvalue weighted by atomic mass is 35.5. The van der Waals surface area contributed by atoms with Crippen molar-refractivity contribution in [2.24, 2.45) is 0 Å². The summed E-state index contributed by atoms with van der Waals surface area (Å²) in [5.41, 5.74) is 3.97. The summed E-state index contributed by atoms with van der Waals surface area (Å²) in [4.78, 5) is 7.06. The number of anilines is 1. The summed E-state index contributed by atoms with van der Waals surface area (Å²) < 4.78 is 13.1. The van der Waals surface area contributed by atoms with E-state index in [0.717, 1.165) is 22.5 Å². The quantitative estimate of drug-likeness (QED) is 0.746. The second-order valence-electron chi connectivity index (χ2n) is 4.64. The van der Waals surface area contributed by atoms with Crippen LogP contribution in [0, 0.1) is 5.82 Å². The van der Waals surface area contributed by atoms with Gasteiger partial charge in [-0.3, -0.25) is 0 Å². The molecule has 1 aromatic heterocycles. The second kappa shape index (κ2) is 5.97. The van der Waals surface area contributed by atoms with Crippen LogP contribution in [0.4, 0.5) is 10.1 Å². The fourth-order valence-corrected chi connectivity index (χ4v) is 2.24. The molecule has 0 spiro atoms. The number of benzene rings is 2. The lowest BCUT2D eigenvalue weighted by molar-refractivity contribution is 0.627. The highest BCUT2D eigenvalue weighted by Crippen LogP contribution is 2.20. The number of hydrogen-bond acceptors (Lipinski definition) is 2. The van der Waals surface area contributed by atoms with E-state index in [2.05, 4.69) is 15.3 Å². The van der Waals surface area contributed by atoms with E-state index in [9.17, 15) is 4.39 Å². The molecule has 3 aromatic rings. The molecule has 0 aliphatic heterocycles. The van der Waals surface area contributed by atoms with Crippen molar-refractivity contribution in [2.75, 3.05) is 5.32 Å². The van der Waals surface area contributed by atoms with Crippen molar-refractivity contribution >= 4 is 17.3 Å². The van der Waals surface area contributed by atoms with E-state index in [4.69, 9.17) is 11.6 Å². The molecule has 5 heteroatoms. The molecular formula is C16H13ClFN3. The molecule has 0 fully saturated rings. The van der Waals surface area contributed by atoms with E-state index in [-0.39, 0.29) is 5.02 Å². The van der Waals surface area contributed by atoms with Gasteiger partial charge in [0.1, 0.15) is 5.82 Å². The van der Waals surface area contributed by atoms with Gasteiger partial charge in [0.15, 0.2) is 0 Å². The zero-order valence-electron chi connectivity index (χ0n) is 11.1. The standard InChI is InChI=1S/C16H13ClFN3/c17-14-7-11(1-6-15(14)18)8-20-13-4-2-12(3-5-13)16-9-19-10-21-16/h1-7,9-10,20H,8H2,(H,19,21). The summed E-state index contributed by atoms with van der Waals surface area (Å²) in [5, 5.41) is 3.42. The van der Waals surface area contributed by atoms with Crippen LogP contribution in [-0.2, 0) is 6.54 Å². The third-order valence-electron chi connectivity index (χ3n) is 3.17. The summed E-state index contributed by atoms with van der Waals surface area (Å²) in [5.74, 6) is -0.399. The first-order valence-corrected chi connectivity index (χ1v) is 6.87. The lowest BCUT2D eigenvalue weighted by Crippen LogP contribution is -1.99. The van der Waals surface area contributed by atoms with Crippen molar-refractivity contribution in [1.29, 1.82) is 0 Å². The first kappa shape index (κ1) is 13.6. The van der Waals surface area contributed by atoms with Gasteiger partial charge in [-0.05, 0) is 35.4 Å². The molecule has 0 aliphatic carbocycles. The average molecular weight is 302 g/mol. The first-order valence-electron chi connectivity index (χ1n) is 6.49. The van der Waals surface area contributed by atoms with Crippen molar-refractivity contribution in [2.45, 2.75) is 6.54 Å². The zero-order valence-corrected chi connectivity index (χ0v) is 11.9. The minimum atomic E-state index is -0.399. The van der Waals surface area contributed by atoms with Crippen LogP contribution in [0.3, 0.4) is 0 Å². The van der Waals surface area contributed by atoms with Crippen molar-refractivity contribution < 1.29 is 4.39 Å². The highest BCUT2D eigenvalue weighted by Gasteiger charge is 2.02. The molecule has 3 nitrogen and oxygen atoms in total. The summed E-state index contributed by atoms with van der Waals surface area (Å²) in [6.07, 6.45) is 3.43. The van der Waals surface area contributed by atoms with Gasteiger partial charge in [0, 0.05) is 12.2 Å². The second-order valence-corrected chi connectivity index (χ2v) is 5.05. The van der Waals surface area contributed by atoms with Gasteiger partial charge in [-0.1, -0.05) is 29.8 Å². The van der Waals surface area contributed by atoms with Crippen LogP contribution in [0.1, 0.15) is 5.56 Å². The third-order valence-corrected chi connectivity index (χ3v) is 3.46. The minimum Gasteiger partial charge on any atom is -0.381 e. The lowest BCUT2D eigenvalue weighted by atomic mass is 10.1. The number of halogens is 2. The number of nitrogens with zero attached hydrogens (tertiary/aromatic N) is 1. The molecule has 106 valence electrons. The number of imidazole rings is 1. The number of H-pyrrole nitrogens is 1. The van der Waals surface area contributed by atoms with Crippen molar-refractivity contribution in [3.63, 3.8) is 0 Å². The van der Waals surface area contributed by atoms with Gasteiger partial charge in [0.25, 0.3) is 0 Å². The van der Waals surface area contributed by atoms with E-state index < -0.39 is 5.82 Å². The van der Waals surface area contributed by atoms with Gasteiger partial charge in [-0.15, -0.1) is 0 Å². The van der Waals surface area contributed by atoms with Crippen LogP contribution < -0.4 is 5.32 Å². The lowest BCUT2D eigenvalue weighted by Gasteiger charge is -2.08. The Morgan fingerprint density at radius 1 is 1.14 bits per heavy atom. The summed E-state index contributed by atoms with van der Waals surface area (Å²) >= 11 is 5.76. The Kier molecular flexibility index (Phi) is 3.88. The molecular weight excluding hydrogens is 289 g/mol. The number of nitrogens with one attached hydrogen (secondary N) is 2. The number of hydrogen-bond donors (Lipinski definition) is 2. The molecule has 0 aliphatic rings. The zero-order chi connectivity index (χ0) is 14.7. The predicted octanol–water partition coefficient (Wildman–Crippen LogP) is 4.48. The molecule has 0 saturated carbocycles. The molecule has 21 heavy (non-hydrogen) atoms. The van der Waals surface area contributed by atoms with E-state index in [1.54, 1.807) is 24.7 Å².